The fraction of sp³-hybridized carbons (Fsp3) is 0.500. The minimum Gasteiger partial charge on any atom is -0.370 e. The summed E-state index contributed by atoms with van der Waals surface area (Å²) in [5, 5.41) is 3.22. The van der Waals surface area contributed by atoms with Crippen LogP contribution in [0.4, 0.5) is 5.82 Å². The molecule has 0 fully saturated rings. The molecule has 0 bridgehead atoms. The van der Waals surface area contributed by atoms with Gasteiger partial charge in [-0.25, -0.2) is 4.98 Å². The number of anilines is 1. The van der Waals surface area contributed by atoms with Gasteiger partial charge in [0.15, 0.2) is 0 Å². The van der Waals surface area contributed by atoms with Gasteiger partial charge >= 0.3 is 0 Å². The predicted octanol–water partition coefficient (Wildman–Crippen LogP) is 0.967. The Hall–Kier alpha value is -1.62. The summed E-state index contributed by atoms with van der Waals surface area (Å²) in [6.07, 6.45) is 2.42. The summed E-state index contributed by atoms with van der Waals surface area (Å²) in [5.74, 6) is 0.271. The average Bonchev–Trinajstić information content (AvgIpc) is 2.27. The van der Waals surface area contributed by atoms with Crippen molar-refractivity contribution in [2.24, 2.45) is 16.9 Å². The maximum Gasteiger partial charge on any atom is 0.250 e. The summed E-state index contributed by atoms with van der Waals surface area (Å²) in [6, 6.07) is 3.41. The molecule has 0 aromatic carbocycles. The van der Waals surface area contributed by atoms with E-state index in [0.717, 1.165) is 18.8 Å². The van der Waals surface area contributed by atoms with E-state index in [-0.39, 0.29) is 5.41 Å². The molecule has 5 N–H and O–H groups in total. The zero-order valence-corrected chi connectivity index (χ0v) is 10.4. The first-order valence-corrected chi connectivity index (χ1v) is 5.64. The number of nitrogens with two attached hydrogens (primary N) is 2. The molecule has 0 aliphatic rings. The minimum absolute atomic E-state index is 0.124. The molecule has 0 spiro atoms. The number of rotatable bonds is 6. The molecule has 17 heavy (non-hydrogen) atoms. The Balaban J connectivity index is 2.55. The van der Waals surface area contributed by atoms with Crippen LogP contribution in [0.25, 0.3) is 0 Å². The third kappa shape index (κ3) is 4.40. The maximum absolute atomic E-state index is 10.9. The van der Waals surface area contributed by atoms with Gasteiger partial charge in [0.05, 0.1) is 5.56 Å². The molecule has 0 atom stereocenters. The number of hydrogen-bond donors (Lipinski definition) is 3. The monoisotopic (exact) mass is 236 g/mol. The van der Waals surface area contributed by atoms with Gasteiger partial charge in [-0.05, 0) is 30.5 Å². The Kier molecular flexibility index (Phi) is 4.45. The van der Waals surface area contributed by atoms with Gasteiger partial charge in [0, 0.05) is 12.7 Å². The normalized spacial score (nSPS) is 11.2. The van der Waals surface area contributed by atoms with Gasteiger partial charge in [-0.1, -0.05) is 13.8 Å². The van der Waals surface area contributed by atoms with Crippen LogP contribution < -0.4 is 16.8 Å². The molecular weight excluding hydrogens is 216 g/mol. The number of nitrogens with one attached hydrogen (secondary N) is 1. The van der Waals surface area contributed by atoms with Crippen LogP contribution in [-0.4, -0.2) is 24.0 Å². The number of aromatic nitrogens is 1. The van der Waals surface area contributed by atoms with Crippen molar-refractivity contribution >= 4 is 11.7 Å². The Morgan fingerprint density at radius 3 is 2.65 bits per heavy atom. The van der Waals surface area contributed by atoms with Gasteiger partial charge in [-0.2, -0.15) is 0 Å². The van der Waals surface area contributed by atoms with Crippen LogP contribution in [0.2, 0.25) is 0 Å². The largest absolute Gasteiger partial charge is 0.370 e. The van der Waals surface area contributed by atoms with Crippen molar-refractivity contribution in [2.75, 3.05) is 18.4 Å². The number of amides is 1. The summed E-state index contributed by atoms with van der Waals surface area (Å²) >= 11 is 0. The van der Waals surface area contributed by atoms with E-state index in [1.165, 1.54) is 6.20 Å². The number of carbonyl (C=O) groups excluding carboxylic acids is 1. The van der Waals surface area contributed by atoms with E-state index in [0.29, 0.717) is 12.1 Å². The number of hydrogen-bond acceptors (Lipinski definition) is 4. The van der Waals surface area contributed by atoms with Crippen LogP contribution in [0.3, 0.4) is 0 Å². The lowest BCUT2D eigenvalue weighted by Gasteiger charge is -2.24. The average molecular weight is 236 g/mol. The quantitative estimate of drug-likeness (QED) is 0.686. The Morgan fingerprint density at radius 2 is 2.18 bits per heavy atom. The number of nitrogens with zero attached hydrogens (tertiary/aromatic N) is 1. The van der Waals surface area contributed by atoms with Crippen LogP contribution >= 0.6 is 0 Å². The molecule has 1 aromatic heterocycles. The van der Waals surface area contributed by atoms with Gasteiger partial charge in [0.1, 0.15) is 5.82 Å². The van der Waals surface area contributed by atoms with Crippen molar-refractivity contribution in [2.45, 2.75) is 20.3 Å². The lowest BCUT2D eigenvalue weighted by molar-refractivity contribution is 0.1000. The molecule has 1 amide bonds. The molecule has 5 heteroatoms. The number of pyridine rings is 1. The molecular formula is C12H20N4O. The first-order valence-electron chi connectivity index (χ1n) is 5.64. The van der Waals surface area contributed by atoms with Crippen LogP contribution in [-0.2, 0) is 0 Å². The molecule has 94 valence electrons. The zero-order chi connectivity index (χ0) is 12.9. The lowest BCUT2D eigenvalue weighted by atomic mass is 9.89. The molecule has 0 saturated carbocycles. The second-order valence-corrected chi connectivity index (χ2v) is 4.85. The minimum atomic E-state index is -0.465. The summed E-state index contributed by atoms with van der Waals surface area (Å²) in [7, 11) is 0. The molecule has 1 rings (SSSR count). The first kappa shape index (κ1) is 13.4. The van der Waals surface area contributed by atoms with E-state index in [1.54, 1.807) is 12.1 Å². The third-order valence-corrected chi connectivity index (χ3v) is 2.62. The number of primary amides is 1. The van der Waals surface area contributed by atoms with Crippen molar-refractivity contribution in [1.82, 2.24) is 4.98 Å². The summed E-state index contributed by atoms with van der Waals surface area (Å²) in [6.45, 7) is 5.74. The summed E-state index contributed by atoms with van der Waals surface area (Å²) in [4.78, 5) is 15.0. The fourth-order valence-corrected chi connectivity index (χ4v) is 1.45. The van der Waals surface area contributed by atoms with Gasteiger partial charge < -0.3 is 16.8 Å². The molecule has 0 unspecified atom stereocenters. The van der Waals surface area contributed by atoms with Gasteiger partial charge in [0.25, 0.3) is 0 Å². The van der Waals surface area contributed by atoms with E-state index < -0.39 is 5.91 Å². The first-order chi connectivity index (χ1) is 7.94. The summed E-state index contributed by atoms with van der Waals surface area (Å²) in [5.41, 5.74) is 11.2. The molecule has 0 aliphatic heterocycles. The second kappa shape index (κ2) is 5.63. The second-order valence-electron chi connectivity index (χ2n) is 4.85. The molecule has 1 aromatic rings. The van der Waals surface area contributed by atoms with Crippen molar-refractivity contribution < 1.29 is 4.79 Å². The van der Waals surface area contributed by atoms with Crippen LogP contribution in [0.1, 0.15) is 30.6 Å². The highest BCUT2D eigenvalue weighted by Gasteiger charge is 2.16. The zero-order valence-electron chi connectivity index (χ0n) is 10.4. The molecule has 1 heterocycles. The fourth-order valence-electron chi connectivity index (χ4n) is 1.45. The van der Waals surface area contributed by atoms with Crippen molar-refractivity contribution in [3.8, 4) is 0 Å². The molecule has 0 aliphatic carbocycles. The lowest BCUT2D eigenvalue weighted by Crippen LogP contribution is -2.26. The SMILES string of the molecule is CC(C)(CCN)CNc1ccc(C(N)=O)cn1. The third-order valence-electron chi connectivity index (χ3n) is 2.62. The predicted molar refractivity (Wildman–Crippen MR) is 68.7 cm³/mol. The molecule has 0 saturated heterocycles. The van der Waals surface area contributed by atoms with E-state index in [1.807, 2.05) is 0 Å². The van der Waals surface area contributed by atoms with Crippen LogP contribution in [0.15, 0.2) is 18.3 Å². The van der Waals surface area contributed by atoms with Crippen molar-refractivity contribution in [1.29, 1.82) is 0 Å². The Morgan fingerprint density at radius 1 is 1.47 bits per heavy atom. The van der Waals surface area contributed by atoms with E-state index in [2.05, 4.69) is 24.1 Å². The molecule has 5 nitrogen and oxygen atoms in total. The van der Waals surface area contributed by atoms with E-state index >= 15 is 0 Å². The van der Waals surface area contributed by atoms with E-state index in [9.17, 15) is 4.79 Å². The smallest absolute Gasteiger partial charge is 0.250 e. The van der Waals surface area contributed by atoms with Gasteiger partial charge in [-0.15, -0.1) is 0 Å². The summed E-state index contributed by atoms with van der Waals surface area (Å²) < 4.78 is 0. The maximum atomic E-state index is 10.9. The van der Waals surface area contributed by atoms with Gasteiger partial charge in [0.2, 0.25) is 5.91 Å². The van der Waals surface area contributed by atoms with Gasteiger partial charge in [-0.3, -0.25) is 4.79 Å². The van der Waals surface area contributed by atoms with Crippen molar-refractivity contribution in [3.63, 3.8) is 0 Å². The van der Waals surface area contributed by atoms with Crippen LogP contribution in [0.5, 0.6) is 0 Å². The van der Waals surface area contributed by atoms with Crippen LogP contribution in [0, 0.1) is 5.41 Å². The highest BCUT2D eigenvalue weighted by Crippen LogP contribution is 2.19. The van der Waals surface area contributed by atoms with Crippen molar-refractivity contribution in [3.05, 3.63) is 23.9 Å². The topological polar surface area (TPSA) is 94.0 Å². The van der Waals surface area contributed by atoms with E-state index in [4.69, 9.17) is 11.5 Å². The Bertz CT molecular complexity index is 373. The standard InChI is InChI=1S/C12H20N4O/c1-12(2,5-6-13)8-16-10-4-3-9(7-15-10)11(14)17/h3-4,7H,5-6,8,13H2,1-2H3,(H2,14,17)(H,15,16). The highest BCUT2D eigenvalue weighted by atomic mass is 16.1. The molecule has 0 radical (unpaired) electrons. The highest BCUT2D eigenvalue weighted by molar-refractivity contribution is 5.92. The number of carbonyl (C=O) groups is 1. The Labute approximate surface area is 102 Å².